The van der Waals surface area contributed by atoms with Crippen molar-refractivity contribution in [1.82, 2.24) is 9.55 Å². The summed E-state index contributed by atoms with van der Waals surface area (Å²) in [4.78, 5) is 4.56. The Morgan fingerprint density at radius 3 is 2.79 bits per heavy atom. The minimum absolute atomic E-state index is 0.482. The van der Waals surface area contributed by atoms with Gasteiger partial charge in [-0.3, -0.25) is 0 Å². The number of fused-ring (bicyclic) bond motifs is 1. The van der Waals surface area contributed by atoms with Gasteiger partial charge in [0.15, 0.2) is 0 Å². The minimum atomic E-state index is -0.630. The monoisotopic (exact) mass is 263 g/mol. The van der Waals surface area contributed by atoms with Gasteiger partial charge in [0, 0.05) is 12.6 Å². The molecule has 3 N–H and O–H groups in total. The standard InChI is InChI=1S/C14H21N3O2/c1-4-7-17-12-6-5-10(19-3)8-11(12)16-14(17)13(15)9(2)18/h5-6,8-9,13,18H,4,7,15H2,1-3H3. The predicted molar refractivity (Wildman–Crippen MR) is 75.2 cm³/mol. The number of hydrogen-bond donors (Lipinski definition) is 2. The molecule has 0 spiro atoms. The highest BCUT2D eigenvalue weighted by atomic mass is 16.5. The first-order chi connectivity index (χ1) is 9.08. The Morgan fingerprint density at radius 2 is 2.21 bits per heavy atom. The van der Waals surface area contributed by atoms with Crippen LogP contribution in [0.25, 0.3) is 11.0 Å². The van der Waals surface area contributed by atoms with Gasteiger partial charge in [-0.15, -0.1) is 0 Å². The van der Waals surface area contributed by atoms with E-state index in [4.69, 9.17) is 10.5 Å². The Labute approximate surface area is 113 Å². The lowest BCUT2D eigenvalue weighted by Gasteiger charge is -2.16. The maximum atomic E-state index is 9.69. The number of nitrogens with two attached hydrogens (primary N) is 1. The molecule has 2 aromatic rings. The quantitative estimate of drug-likeness (QED) is 0.863. The Balaban J connectivity index is 2.58. The molecule has 1 heterocycles. The van der Waals surface area contributed by atoms with Crippen molar-refractivity contribution in [3.8, 4) is 5.75 Å². The number of methoxy groups -OCH3 is 1. The van der Waals surface area contributed by atoms with Crippen LogP contribution in [0.5, 0.6) is 5.75 Å². The second kappa shape index (κ2) is 5.59. The van der Waals surface area contributed by atoms with Crippen molar-refractivity contribution in [2.75, 3.05) is 7.11 Å². The lowest BCUT2D eigenvalue weighted by molar-refractivity contribution is 0.159. The Morgan fingerprint density at radius 1 is 1.47 bits per heavy atom. The summed E-state index contributed by atoms with van der Waals surface area (Å²) < 4.78 is 7.28. The van der Waals surface area contributed by atoms with E-state index in [1.807, 2.05) is 18.2 Å². The van der Waals surface area contributed by atoms with Gasteiger partial charge >= 0.3 is 0 Å². The SMILES string of the molecule is CCCn1c(C(N)C(C)O)nc2cc(OC)ccc21. The highest BCUT2D eigenvalue weighted by Gasteiger charge is 2.20. The molecule has 104 valence electrons. The number of nitrogens with zero attached hydrogens (tertiary/aromatic N) is 2. The second-order valence-electron chi connectivity index (χ2n) is 4.74. The number of aryl methyl sites for hydroxylation is 1. The highest BCUT2D eigenvalue weighted by Crippen LogP contribution is 2.25. The lowest BCUT2D eigenvalue weighted by Crippen LogP contribution is -2.26. The van der Waals surface area contributed by atoms with E-state index in [9.17, 15) is 5.11 Å². The third-order valence-corrected chi connectivity index (χ3v) is 3.25. The third-order valence-electron chi connectivity index (χ3n) is 3.25. The fraction of sp³-hybridized carbons (Fsp3) is 0.500. The van der Waals surface area contributed by atoms with Crippen molar-refractivity contribution >= 4 is 11.0 Å². The molecule has 0 amide bonds. The van der Waals surface area contributed by atoms with Crippen LogP contribution in [0.3, 0.4) is 0 Å². The molecule has 2 rings (SSSR count). The Bertz CT molecular complexity index is 563. The van der Waals surface area contributed by atoms with E-state index < -0.39 is 12.1 Å². The molecule has 19 heavy (non-hydrogen) atoms. The van der Waals surface area contributed by atoms with E-state index in [2.05, 4.69) is 16.5 Å². The van der Waals surface area contributed by atoms with E-state index in [-0.39, 0.29) is 0 Å². The van der Waals surface area contributed by atoms with Gasteiger partial charge < -0.3 is 20.1 Å². The summed E-state index contributed by atoms with van der Waals surface area (Å²) >= 11 is 0. The molecule has 0 radical (unpaired) electrons. The van der Waals surface area contributed by atoms with Crippen LogP contribution in [0, 0.1) is 0 Å². The van der Waals surface area contributed by atoms with E-state index >= 15 is 0 Å². The zero-order valence-corrected chi connectivity index (χ0v) is 11.6. The summed E-state index contributed by atoms with van der Waals surface area (Å²) in [6.07, 6.45) is 0.353. The van der Waals surface area contributed by atoms with Crippen LogP contribution in [-0.4, -0.2) is 27.9 Å². The molecule has 1 aromatic heterocycles. The average molecular weight is 263 g/mol. The summed E-state index contributed by atoms with van der Waals surface area (Å²) in [5.41, 5.74) is 7.91. The van der Waals surface area contributed by atoms with Gasteiger partial charge in [-0.25, -0.2) is 4.98 Å². The average Bonchev–Trinajstić information content (AvgIpc) is 2.76. The van der Waals surface area contributed by atoms with Crippen LogP contribution in [-0.2, 0) is 6.54 Å². The molecule has 2 unspecified atom stereocenters. The molecule has 5 heteroatoms. The summed E-state index contributed by atoms with van der Waals surface area (Å²) in [5, 5.41) is 9.69. The summed E-state index contributed by atoms with van der Waals surface area (Å²) in [5.74, 6) is 1.49. The smallest absolute Gasteiger partial charge is 0.129 e. The predicted octanol–water partition coefficient (Wildman–Crippen LogP) is 1.84. The van der Waals surface area contributed by atoms with Gasteiger partial charge in [-0.05, 0) is 25.5 Å². The van der Waals surface area contributed by atoms with Gasteiger partial charge in [0.05, 0.1) is 30.3 Å². The molecule has 0 bridgehead atoms. The minimum Gasteiger partial charge on any atom is -0.497 e. The van der Waals surface area contributed by atoms with Gasteiger partial charge in [-0.2, -0.15) is 0 Å². The number of rotatable bonds is 5. The molecule has 0 saturated heterocycles. The maximum Gasteiger partial charge on any atom is 0.129 e. The van der Waals surface area contributed by atoms with Gasteiger partial charge in [0.1, 0.15) is 11.6 Å². The van der Waals surface area contributed by atoms with Crippen LogP contribution in [0.15, 0.2) is 18.2 Å². The Kier molecular flexibility index (Phi) is 4.07. The van der Waals surface area contributed by atoms with Crippen LogP contribution in [0.1, 0.15) is 32.1 Å². The van der Waals surface area contributed by atoms with Crippen molar-refractivity contribution in [2.45, 2.75) is 39.0 Å². The van der Waals surface area contributed by atoms with Crippen molar-refractivity contribution in [3.05, 3.63) is 24.0 Å². The molecule has 5 nitrogen and oxygen atoms in total. The first-order valence-corrected chi connectivity index (χ1v) is 6.56. The van der Waals surface area contributed by atoms with Gasteiger partial charge in [-0.1, -0.05) is 6.92 Å². The summed E-state index contributed by atoms with van der Waals surface area (Å²) in [6, 6.07) is 5.30. The zero-order valence-electron chi connectivity index (χ0n) is 11.6. The fourth-order valence-electron chi connectivity index (χ4n) is 2.18. The maximum absolute atomic E-state index is 9.69. The first kappa shape index (κ1) is 13.8. The number of imidazole rings is 1. The van der Waals surface area contributed by atoms with Crippen molar-refractivity contribution in [2.24, 2.45) is 5.73 Å². The molecule has 0 aliphatic heterocycles. The fourth-order valence-corrected chi connectivity index (χ4v) is 2.18. The molecule has 1 aromatic carbocycles. The molecule has 0 fully saturated rings. The topological polar surface area (TPSA) is 73.3 Å². The van der Waals surface area contributed by atoms with E-state index in [0.717, 1.165) is 35.6 Å². The molecule has 0 aliphatic rings. The second-order valence-corrected chi connectivity index (χ2v) is 4.74. The number of aliphatic hydroxyl groups is 1. The van der Waals surface area contributed by atoms with Gasteiger partial charge in [0.25, 0.3) is 0 Å². The van der Waals surface area contributed by atoms with E-state index in [1.165, 1.54) is 0 Å². The van der Waals surface area contributed by atoms with Crippen LogP contribution in [0.2, 0.25) is 0 Å². The summed E-state index contributed by atoms with van der Waals surface area (Å²) in [6.45, 7) is 4.62. The number of hydrogen-bond acceptors (Lipinski definition) is 4. The van der Waals surface area contributed by atoms with Crippen molar-refractivity contribution in [3.63, 3.8) is 0 Å². The molecule has 0 aliphatic carbocycles. The number of aliphatic hydroxyl groups excluding tert-OH is 1. The molecular formula is C14H21N3O2. The van der Waals surface area contributed by atoms with Crippen molar-refractivity contribution in [1.29, 1.82) is 0 Å². The van der Waals surface area contributed by atoms with Crippen LogP contribution in [0.4, 0.5) is 0 Å². The third kappa shape index (κ3) is 2.57. The van der Waals surface area contributed by atoms with Crippen molar-refractivity contribution < 1.29 is 9.84 Å². The van der Waals surface area contributed by atoms with E-state index in [0.29, 0.717) is 0 Å². The number of benzene rings is 1. The lowest BCUT2D eigenvalue weighted by atomic mass is 10.2. The zero-order chi connectivity index (χ0) is 14.0. The number of ether oxygens (including phenoxy) is 1. The highest BCUT2D eigenvalue weighted by molar-refractivity contribution is 5.78. The number of aromatic nitrogens is 2. The largest absolute Gasteiger partial charge is 0.497 e. The Hall–Kier alpha value is -1.59. The summed E-state index contributed by atoms with van der Waals surface area (Å²) in [7, 11) is 1.63. The first-order valence-electron chi connectivity index (χ1n) is 6.56. The normalized spacial score (nSPS) is 14.6. The van der Waals surface area contributed by atoms with Gasteiger partial charge in [0.2, 0.25) is 0 Å². The van der Waals surface area contributed by atoms with E-state index in [1.54, 1.807) is 14.0 Å². The van der Waals surface area contributed by atoms with Crippen LogP contribution >= 0.6 is 0 Å². The molecular weight excluding hydrogens is 242 g/mol. The molecule has 2 atom stereocenters. The molecule has 0 saturated carbocycles. The van der Waals surface area contributed by atoms with Crippen LogP contribution < -0.4 is 10.5 Å².